The molecule has 0 atom stereocenters. The molecular weight excluding hydrogens is 589 g/mol. The Morgan fingerprint density at radius 3 is 1.08 bits per heavy atom. The molecule has 0 amide bonds. The summed E-state index contributed by atoms with van der Waals surface area (Å²) in [7, 11) is 0.275. The van der Waals surface area contributed by atoms with Crippen LogP contribution in [0, 0.1) is 0 Å². The topological polar surface area (TPSA) is 89.3 Å². The Kier molecular flexibility index (Phi) is 21.8. The fourth-order valence-corrected chi connectivity index (χ4v) is 6.71. The first-order valence-corrected chi connectivity index (χ1v) is 17.9. The molecule has 0 aromatic heterocycles. The maximum absolute atomic E-state index is 11.9. The van der Waals surface area contributed by atoms with Gasteiger partial charge in [-0.3, -0.25) is 9.98 Å². The predicted molar refractivity (Wildman–Crippen MR) is 161 cm³/mol. The van der Waals surface area contributed by atoms with Crippen molar-refractivity contribution in [3.05, 3.63) is 22.7 Å². The number of rotatable bonds is 11. The van der Waals surface area contributed by atoms with Crippen molar-refractivity contribution in [2.45, 2.75) is 80.4 Å². The van der Waals surface area contributed by atoms with E-state index in [1.165, 1.54) is 37.0 Å². The molecule has 0 N–H and O–H groups in total. The fourth-order valence-electron chi connectivity index (χ4n) is 3.71. The van der Waals surface area contributed by atoms with Crippen molar-refractivity contribution >= 4 is 28.3 Å². The summed E-state index contributed by atoms with van der Waals surface area (Å²) in [6.45, 7) is 22.4. The Morgan fingerprint density at radius 2 is 0.919 bits per heavy atom. The first kappa shape index (κ1) is 39.0. The van der Waals surface area contributed by atoms with E-state index in [4.69, 9.17) is 9.47 Å². The van der Waals surface area contributed by atoms with Crippen molar-refractivity contribution in [3.63, 3.8) is 0 Å². The van der Waals surface area contributed by atoms with Crippen LogP contribution in [0.5, 0.6) is 0 Å². The molecule has 2 rings (SSSR count). The van der Waals surface area contributed by atoms with Gasteiger partial charge in [0.15, 0.2) is 0 Å². The smallest absolute Gasteiger partial charge is 0.0745 e. The summed E-state index contributed by atoms with van der Waals surface area (Å²) in [5, 5.41) is 23.8. The molecule has 0 saturated heterocycles. The molecule has 0 unspecified atom stereocenters. The summed E-state index contributed by atoms with van der Waals surface area (Å²) in [4.78, 5) is 8.36. The van der Waals surface area contributed by atoms with Crippen LogP contribution in [0.25, 0.3) is 0 Å². The van der Waals surface area contributed by atoms with Crippen LogP contribution < -0.4 is 10.2 Å². The normalized spacial score (nSPS) is 18.4. The second-order valence-electron chi connectivity index (χ2n) is 10.00. The van der Waals surface area contributed by atoms with Gasteiger partial charge in [-0.2, -0.15) is 0 Å². The largest absolute Gasteiger partial charge is 0.873 e. The number of hydrogen-bond acceptors (Lipinski definition) is 6. The summed E-state index contributed by atoms with van der Waals surface area (Å²) < 4.78 is 10.8. The molecule has 2 heterocycles. The van der Waals surface area contributed by atoms with E-state index in [0.29, 0.717) is 37.4 Å². The summed E-state index contributed by atoms with van der Waals surface area (Å²) in [5.41, 5.74) is -0.314. The average Bonchev–Trinajstić information content (AvgIpc) is 3.27. The maximum atomic E-state index is 11.9. The minimum Gasteiger partial charge on any atom is -0.873 e. The first-order chi connectivity index (χ1) is 16.9. The molecule has 217 valence electrons. The summed E-state index contributed by atoms with van der Waals surface area (Å²) in [5.74, 6) is -0.0440. The third kappa shape index (κ3) is 14.7. The molecule has 0 spiro atoms. The number of ether oxygens (including phenoxy) is 2. The Labute approximate surface area is 243 Å². The number of nitrogens with zero attached hydrogens (tertiary/aromatic N) is 2. The Morgan fingerprint density at radius 1 is 0.649 bits per heavy atom. The van der Waals surface area contributed by atoms with Gasteiger partial charge in [0.1, 0.15) is 0 Å². The zero-order chi connectivity index (χ0) is 27.8. The van der Waals surface area contributed by atoms with E-state index in [0.717, 1.165) is 0 Å². The van der Waals surface area contributed by atoms with Gasteiger partial charge < -0.3 is 19.7 Å². The molecule has 0 aliphatic carbocycles. The van der Waals surface area contributed by atoms with Gasteiger partial charge in [0.05, 0.1) is 74.5 Å². The van der Waals surface area contributed by atoms with Gasteiger partial charge in [-0.25, -0.2) is 0 Å². The van der Waals surface area contributed by atoms with E-state index in [1.54, 1.807) is 40.1 Å². The van der Waals surface area contributed by atoms with E-state index >= 15 is 0 Å². The molecule has 0 saturated carbocycles. The van der Waals surface area contributed by atoms with Gasteiger partial charge in [0.2, 0.25) is 0 Å². The van der Waals surface area contributed by atoms with Crippen LogP contribution in [-0.4, -0.2) is 86.9 Å². The van der Waals surface area contributed by atoms with Crippen LogP contribution in [0.3, 0.4) is 0 Å². The van der Waals surface area contributed by atoms with E-state index < -0.39 is 11.2 Å². The van der Waals surface area contributed by atoms with Crippen molar-refractivity contribution in [2.75, 3.05) is 63.3 Å². The SMILES string of the molecule is CC1(C)OCC(C=NCCN=CC2=C([O-])C(C)(C)OC2)=C1[O-].CC[PH+](CC)CC.CC[PH+](CC)CC.[99Tc]. The summed E-state index contributed by atoms with van der Waals surface area (Å²) >= 11 is 0. The molecule has 0 aromatic carbocycles. The van der Waals surface area contributed by atoms with Crippen molar-refractivity contribution < 1.29 is 39.8 Å². The third-order valence-corrected chi connectivity index (χ3v) is 12.7. The van der Waals surface area contributed by atoms with Gasteiger partial charge >= 0.3 is 0 Å². The molecule has 9 heteroatoms. The quantitative estimate of drug-likeness (QED) is 0.189. The molecular formula is C28H54N2O4P2Tc. The van der Waals surface area contributed by atoms with Crippen molar-refractivity contribution in [1.82, 2.24) is 0 Å². The van der Waals surface area contributed by atoms with Gasteiger partial charge in [-0.05, 0) is 96.2 Å². The fraction of sp³-hybridized carbons (Fsp3) is 0.786. The van der Waals surface area contributed by atoms with Crippen LogP contribution in [0.15, 0.2) is 32.6 Å². The Balaban J connectivity index is 0. The third-order valence-electron chi connectivity index (χ3n) is 6.71. The van der Waals surface area contributed by atoms with Crippen molar-refractivity contribution in [2.24, 2.45) is 9.98 Å². The van der Waals surface area contributed by atoms with Crippen LogP contribution >= 0.6 is 15.8 Å². The molecule has 1 radical (unpaired) electrons. The molecule has 0 fully saturated rings. The zero-order valence-corrected chi connectivity index (χ0v) is 29.0. The standard InChI is InChI=1S/C16H24N2O4.2C6H15P.Tc/c1-15(2)13(19)11(9-21-15)7-17-5-6-18-8-12-10-22-16(3,4)14(12)20;2*1-4-7(5-2)6-3;/h7-8,19-20H,5-6,9-10H2,1-4H3;2*4-6H2,1-3H3;/i;;;1+1. The summed E-state index contributed by atoms with van der Waals surface area (Å²) in [6.07, 6.45) is 11.9. The monoisotopic (exact) mass is 643 g/mol. The van der Waals surface area contributed by atoms with E-state index in [-0.39, 0.29) is 47.5 Å². The van der Waals surface area contributed by atoms with Crippen LogP contribution in [0.4, 0.5) is 0 Å². The van der Waals surface area contributed by atoms with Crippen molar-refractivity contribution in [1.29, 1.82) is 0 Å². The van der Waals surface area contributed by atoms with Gasteiger partial charge in [-0.1, -0.05) is 11.5 Å². The predicted octanol–water partition coefficient (Wildman–Crippen LogP) is 4.49. The molecule has 0 aromatic rings. The van der Waals surface area contributed by atoms with Crippen LogP contribution in [0.2, 0.25) is 0 Å². The van der Waals surface area contributed by atoms with Gasteiger partial charge in [0.25, 0.3) is 0 Å². The van der Waals surface area contributed by atoms with Crippen LogP contribution in [-0.2, 0) is 29.6 Å². The minimum absolute atomic E-state index is 0. The van der Waals surface area contributed by atoms with E-state index in [2.05, 4.69) is 51.5 Å². The minimum atomic E-state index is -0.744. The van der Waals surface area contributed by atoms with Crippen LogP contribution in [0.1, 0.15) is 69.2 Å². The summed E-state index contributed by atoms with van der Waals surface area (Å²) in [6, 6.07) is 0. The van der Waals surface area contributed by atoms with Gasteiger partial charge in [0, 0.05) is 32.5 Å². The molecule has 6 nitrogen and oxygen atoms in total. The molecule has 2 aliphatic heterocycles. The first-order valence-electron chi connectivity index (χ1n) is 13.7. The van der Waals surface area contributed by atoms with E-state index in [1.807, 2.05) is 0 Å². The number of hydrogen-bond donors (Lipinski definition) is 0. The molecule has 2 aliphatic rings. The Bertz CT molecular complexity index is 671. The Hall–Kier alpha value is -0.151. The average molecular weight is 644 g/mol. The van der Waals surface area contributed by atoms with Gasteiger partial charge in [-0.15, -0.1) is 0 Å². The molecule has 0 bridgehead atoms. The second-order valence-corrected chi connectivity index (χ2v) is 17.2. The van der Waals surface area contributed by atoms with Crippen molar-refractivity contribution in [3.8, 4) is 0 Å². The molecule has 37 heavy (non-hydrogen) atoms. The number of aliphatic imine (C=N–C) groups is 2. The van der Waals surface area contributed by atoms with E-state index in [9.17, 15) is 10.2 Å². The maximum Gasteiger partial charge on any atom is 0.0745 e. The zero-order valence-electron chi connectivity index (χ0n) is 25.1. The second kappa shape index (κ2) is 20.7.